The maximum Gasteiger partial charge on any atom is 0.404 e. The second-order valence-corrected chi connectivity index (χ2v) is 10.9. The molecule has 4 saturated carbocycles. The lowest BCUT2D eigenvalue weighted by Crippen LogP contribution is -2.57. The van der Waals surface area contributed by atoms with E-state index < -0.39 is 4.92 Å². The van der Waals surface area contributed by atoms with E-state index in [1.54, 1.807) is 10.9 Å². The number of carbonyl (C=O) groups is 1. The van der Waals surface area contributed by atoms with E-state index in [-0.39, 0.29) is 22.7 Å². The molecule has 166 valence electrons. The highest BCUT2D eigenvalue weighted by Crippen LogP contribution is 2.65. The quantitative estimate of drug-likeness (QED) is 0.491. The zero-order valence-electron chi connectivity index (χ0n) is 17.8. The van der Waals surface area contributed by atoms with Crippen molar-refractivity contribution in [2.45, 2.75) is 64.0 Å². The Hall–Kier alpha value is -2.23. The average molecular weight is 491 g/mol. The third kappa shape index (κ3) is 3.58. The van der Waals surface area contributed by atoms with Crippen LogP contribution in [0.3, 0.4) is 0 Å². The van der Waals surface area contributed by atoms with Gasteiger partial charge in [0, 0.05) is 13.5 Å². The van der Waals surface area contributed by atoms with Crippen LogP contribution in [0.25, 0.3) is 0 Å². The van der Waals surface area contributed by atoms with Gasteiger partial charge in [0.05, 0.1) is 34.8 Å². The molecule has 1 N–H and O–H groups in total. The van der Waals surface area contributed by atoms with Crippen molar-refractivity contribution in [1.82, 2.24) is 24.9 Å². The maximum atomic E-state index is 12.9. The van der Waals surface area contributed by atoms with E-state index in [4.69, 9.17) is 0 Å². The molecule has 0 radical (unpaired) electrons. The van der Waals surface area contributed by atoms with E-state index in [0.717, 1.165) is 43.5 Å². The second-order valence-electron chi connectivity index (χ2n) is 10.0. The van der Waals surface area contributed by atoms with Crippen molar-refractivity contribution in [2.24, 2.45) is 24.3 Å². The fourth-order valence-electron chi connectivity index (χ4n) is 7.01. The summed E-state index contributed by atoms with van der Waals surface area (Å²) in [6.45, 7) is 2.42. The first-order valence-corrected chi connectivity index (χ1v) is 11.6. The van der Waals surface area contributed by atoms with Crippen molar-refractivity contribution >= 4 is 27.7 Å². The Morgan fingerprint density at radius 3 is 2.61 bits per heavy atom. The average Bonchev–Trinajstić information content (AvgIpc) is 3.20. The topological polar surface area (TPSA) is 108 Å². The number of amides is 1. The molecule has 1 amide bonds. The first-order valence-electron chi connectivity index (χ1n) is 10.8. The summed E-state index contributed by atoms with van der Waals surface area (Å²) in [6, 6.07) is 1.99. The summed E-state index contributed by atoms with van der Waals surface area (Å²) in [5.74, 6) is 1.05. The van der Waals surface area contributed by atoms with Crippen LogP contribution in [0.2, 0.25) is 0 Å². The number of hydrogen-bond donors (Lipinski definition) is 1. The number of aromatic nitrogens is 4. The van der Waals surface area contributed by atoms with E-state index in [9.17, 15) is 14.9 Å². The Morgan fingerprint density at radius 2 is 2.03 bits per heavy atom. The predicted molar refractivity (Wildman–Crippen MR) is 116 cm³/mol. The van der Waals surface area contributed by atoms with E-state index in [2.05, 4.69) is 31.4 Å². The minimum Gasteiger partial charge on any atom is -0.358 e. The summed E-state index contributed by atoms with van der Waals surface area (Å²) in [5.41, 5.74) is 1.65. The predicted octanol–water partition coefficient (Wildman–Crippen LogP) is 3.60. The van der Waals surface area contributed by atoms with Crippen molar-refractivity contribution in [3.05, 3.63) is 38.2 Å². The molecule has 2 atom stereocenters. The fourth-order valence-corrected chi connectivity index (χ4v) is 7.43. The van der Waals surface area contributed by atoms with Gasteiger partial charge in [0.15, 0.2) is 0 Å². The first-order chi connectivity index (χ1) is 14.7. The highest BCUT2D eigenvalue weighted by atomic mass is 79.9. The van der Waals surface area contributed by atoms with Gasteiger partial charge in [-0.05, 0) is 89.6 Å². The summed E-state index contributed by atoms with van der Waals surface area (Å²) >= 11 is 3.30. The highest BCUT2D eigenvalue weighted by molar-refractivity contribution is 9.10. The van der Waals surface area contributed by atoms with Crippen LogP contribution in [0.5, 0.6) is 0 Å². The van der Waals surface area contributed by atoms with Crippen LogP contribution in [0.1, 0.15) is 56.3 Å². The summed E-state index contributed by atoms with van der Waals surface area (Å²) in [4.78, 5) is 23.8. The van der Waals surface area contributed by atoms with Gasteiger partial charge < -0.3 is 15.4 Å². The Labute approximate surface area is 188 Å². The van der Waals surface area contributed by atoms with Crippen LogP contribution < -0.4 is 5.32 Å². The Bertz CT molecular complexity index is 1050. The number of halogens is 1. The van der Waals surface area contributed by atoms with Gasteiger partial charge in [-0.2, -0.15) is 9.78 Å². The molecule has 2 aromatic rings. The molecule has 10 heteroatoms. The summed E-state index contributed by atoms with van der Waals surface area (Å²) < 4.78 is 4.07. The van der Waals surface area contributed by atoms with Gasteiger partial charge in [-0.1, -0.05) is 0 Å². The van der Waals surface area contributed by atoms with Gasteiger partial charge in [-0.15, -0.1) is 0 Å². The minimum absolute atomic E-state index is 0.0518. The second kappa shape index (κ2) is 7.15. The largest absolute Gasteiger partial charge is 0.404 e. The summed E-state index contributed by atoms with van der Waals surface area (Å²) in [5, 5.41) is 23.1. The van der Waals surface area contributed by atoms with E-state index in [1.807, 2.05) is 24.7 Å². The standard InChI is InChI=1S/C21H27BrN6O3/c1-13-3-16(26(2)24-13)10-23-18(29)9-20-5-14-4-15(6-20)8-21(7-14,12-20)27-11-17(22)19(25-27)28(30)31/h3,11,14-15H,4-10,12H2,1-2H3,(H,23,29). The molecular weight excluding hydrogens is 464 g/mol. The van der Waals surface area contributed by atoms with Crippen molar-refractivity contribution < 1.29 is 9.72 Å². The molecule has 9 nitrogen and oxygen atoms in total. The fraction of sp³-hybridized carbons (Fsp3) is 0.667. The van der Waals surface area contributed by atoms with E-state index >= 15 is 0 Å². The molecule has 2 heterocycles. The normalized spacial score (nSPS) is 31.2. The lowest BCUT2D eigenvalue weighted by Gasteiger charge is -2.61. The monoisotopic (exact) mass is 490 g/mol. The van der Waals surface area contributed by atoms with Crippen LogP contribution in [0.15, 0.2) is 16.7 Å². The number of rotatable bonds is 6. The zero-order valence-corrected chi connectivity index (χ0v) is 19.4. The van der Waals surface area contributed by atoms with Crippen molar-refractivity contribution in [1.29, 1.82) is 0 Å². The van der Waals surface area contributed by atoms with Crippen LogP contribution in [-0.4, -0.2) is 30.4 Å². The van der Waals surface area contributed by atoms with Crippen LogP contribution in [0.4, 0.5) is 5.82 Å². The Balaban J connectivity index is 1.35. The Kier molecular flexibility index (Phi) is 4.76. The molecule has 31 heavy (non-hydrogen) atoms. The molecule has 2 unspecified atom stereocenters. The number of nitro groups is 1. The van der Waals surface area contributed by atoms with Crippen LogP contribution >= 0.6 is 15.9 Å². The lowest BCUT2D eigenvalue weighted by atomic mass is 9.46. The van der Waals surface area contributed by atoms with Gasteiger partial charge in [0.25, 0.3) is 0 Å². The summed E-state index contributed by atoms with van der Waals surface area (Å²) in [7, 11) is 1.89. The van der Waals surface area contributed by atoms with Crippen molar-refractivity contribution in [2.75, 3.05) is 0 Å². The van der Waals surface area contributed by atoms with Gasteiger partial charge in [-0.25, -0.2) is 0 Å². The molecule has 4 bridgehead atoms. The van der Waals surface area contributed by atoms with Crippen molar-refractivity contribution in [3.8, 4) is 0 Å². The zero-order chi connectivity index (χ0) is 22.0. The third-order valence-electron chi connectivity index (χ3n) is 7.56. The van der Waals surface area contributed by atoms with E-state index in [1.165, 1.54) is 6.42 Å². The van der Waals surface area contributed by atoms with Crippen LogP contribution in [-0.2, 0) is 23.9 Å². The van der Waals surface area contributed by atoms with Gasteiger partial charge in [0.2, 0.25) is 5.91 Å². The SMILES string of the molecule is Cc1cc(CNC(=O)CC23CC4CC(C2)CC(n2cc(Br)c([N+](=O)[O-])n2)(C4)C3)n(C)n1. The molecule has 4 aliphatic rings. The summed E-state index contributed by atoms with van der Waals surface area (Å²) in [6.07, 6.45) is 8.44. The molecule has 0 aliphatic heterocycles. The van der Waals surface area contributed by atoms with E-state index in [0.29, 0.717) is 29.3 Å². The molecule has 2 aromatic heterocycles. The van der Waals surface area contributed by atoms with Crippen molar-refractivity contribution in [3.63, 3.8) is 0 Å². The first kappa shape index (κ1) is 20.7. The number of hydrogen-bond acceptors (Lipinski definition) is 5. The minimum atomic E-state index is -0.440. The van der Waals surface area contributed by atoms with Gasteiger partial charge >= 0.3 is 5.82 Å². The number of nitrogens with one attached hydrogen (secondary N) is 1. The Morgan fingerprint density at radius 1 is 1.32 bits per heavy atom. The van der Waals surface area contributed by atoms with Gasteiger partial charge in [-0.3, -0.25) is 9.48 Å². The van der Waals surface area contributed by atoms with Crippen LogP contribution in [0, 0.1) is 34.3 Å². The lowest BCUT2D eigenvalue weighted by molar-refractivity contribution is -0.390. The highest BCUT2D eigenvalue weighted by Gasteiger charge is 2.60. The number of nitrogens with zero attached hydrogens (tertiary/aromatic N) is 5. The molecule has 0 saturated heterocycles. The third-order valence-corrected chi connectivity index (χ3v) is 8.12. The molecule has 6 rings (SSSR count). The molecule has 4 aliphatic carbocycles. The number of aryl methyl sites for hydroxylation is 2. The maximum absolute atomic E-state index is 12.9. The van der Waals surface area contributed by atoms with Gasteiger partial charge in [0.1, 0.15) is 4.47 Å². The number of carbonyl (C=O) groups excluding carboxylic acids is 1. The smallest absolute Gasteiger partial charge is 0.358 e. The molecule has 0 aromatic carbocycles. The molecule has 0 spiro atoms. The molecule has 4 fully saturated rings. The molecular formula is C21H27BrN6O3.